The fourth-order valence-corrected chi connectivity index (χ4v) is 1.73. The molecule has 22 heavy (non-hydrogen) atoms. The van der Waals surface area contributed by atoms with Crippen molar-refractivity contribution in [2.24, 2.45) is 5.10 Å². The minimum Gasteiger partial charge on any atom is -0.507 e. The second-order valence-electron chi connectivity index (χ2n) is 4.44. The lowest BCUT2D eigenvalue weighted by atomic mass is 10.2. The smallest absolute Gasteiger partial charge is 0.259 e. The zero-order valence-corrected chi connectivity index (χ0v) is 12.1. The van der Waals surface area contributed by atoms with Crippen LogP contribution in [0.5, 0.6) is 11.5 Å². The van der Waals surface area contributed by atoms with E-state index in [0.717, 1.165) is 5.69 Å². The average molecular weight is 299 g/mol. The van der Waals surface area contributed by atoms with Crippen molar-refractivity contribution >= 4 is 17.8 Å². The quantitative estimate of drug-likeness (QED) is 0.562. The average Bonchev–Trinajstić information content (AvgIpc) is 2.55. The number of carbonyl (C=O) groups excluding carboxylic acids is 1. The van der Waals surface area contributed by atoms with Gasteiger partial charge in [0, 0.05) is 17.3 Å². The molecule has 0 radical (unpaired) electrons. The standard InChI is InChI=1S/C16H17N3O3/c1-22-14-7-4-6-13(9-14)17-11-16(21)19-18-10-12-5-2-3-8-15(12)20/h2-10,17,20H,11H2,1H3,(H,19,21)/b18-10+. The van der Waals surface area contributed by atoms with Crippen LogP contribution < -0.4 is 15.5 Å². The van der Waals surface area contributed by atoms with Gasteiger partial charge in [-0.15, -0.1) is 0 Å². The summed E-state index contributed by atoms with van der Waals surface area (Å²) in [6.45, 7) is 0.0747. The van der Waals surface area contributed by atoms with Crippen molar-refractivity contribution in [3.63, 3.8) is 0 Å². The molecular weight excluding hydrogens is 282 g/mol. The molecule has 2 aromatic carbocycles. The van der Waals surface area contributed by atoms with Gasteiger partial charge in [-0.1, -0.05) is 18.2 Å². The molecule has 2 aromatic rings. The molecule has 2 rings (SSSR count). The van der Waals surface area contributed by atoms with Crippen molar-refractivity contribution in [2.75, 3.05) is 19.0 Å². The fourth-order valence-electron chi connectivity index (χ4n) is 1.73. The van der Waals surface area contributed by atoms with E-state index in [0.29, 0.717) is 11.3 Å². The van der Waals surface area contributed by atoms with Crippen LogP contribution in [-0.4, -0.2) is 30.9 Å². The molecule has 0 saturated carbocycles. The van der Waals surface area contributed by atoms with Crippen LogP contribution in [0.3, 0.4) is 0 Å². The maximum Gasteiger partial charge on any atom is 0.259 e. The Morgan fingerprint density at radius 1 is 1.27 bits per heavy atom. The normalized spacial score (nSPS) is 10.4. The number of nitrogens with one attached hydrogen (secondary N) is 2. The summed E-state index contributed by atoms with van der Waals surface area (Å²) in [4.78, 5) is 11.7. The molecule has 6 heteroatoms. The summed E-state index contributed by atoms with van der Waals surface area (Å²) in [6.07, 6.45) is 1.39. The van der Waals surface area contributed by atoms with Crippen LogP contribution in [0.2, 0.25) is 0 Å². The van der Waals surface area contributed by atoms with Gasteiger partial charge in [-0.25, -0.2) is 5.43 Å². The van der Waals surface area contributed by atoms with Crippen molar-refractivity contribution in [2.45, 2.75) is 0 Å². The predicted octanol–water partition coefficient (Wildman–Crippen LogP) is 1.96. The van der Waals surface area contributed by atoms with Crippen LogP contribution in [-0.2, 0) is 4.79 Å². The number of benzene rings is 2. The van der Waals surface area contributed by atoms with Gasteiger partial charge in [-0.3, -0.25) is 4.79 Å². The zero-order valence-electron chi connectivity index (χ0n) is 12.1. The minimum atomic E-state index is -0.297. The number of anilines is 1. The van der Waals surface area contributed by atoms with Gasteiger partial charge in [0.2, 0.25) is 0 Å². The van der Waals surface area contributed by atoms with Crippen molar-refractivity contribution in [1.82, 2.24) is 5.43 Å². The number of para-hydroxylation sites is 1. The van der Waals surface area contributed by atoms with Crippen LogP contribution in [0.4, 0.5) is 5.69 Å². The summed E-state index contributed by atoms with van der Waals surface area (Å²) in [5.74, 6) is 0.521. The van der Waals surface area contributed by atoms with E-state index >= 15 is 0 Å². The number of rotatable bonds is 6. The Morgan fingerprint density at radius 2 is 2.09 bits per heavy atom. The molecule has 114 valence electrons. The van der Waals surface area contributed by atoms with Crippen LogP contribution in [0.1, 0.15) is 5.56 Å². The van der Waals surface area contributed by atoms with E-state index in [1.807, 2.05) is 18.2 Å². The number of hydrogen-bond acceptors (Lipinski definition) is 5. The van der Waals surface area contributed by atoms with E-state index in [1.54, 1.807) is 37.4 Å². The number of methoxy groups -OCH3 is 1. The highest BCUT2D eigenvalue weighted by molar-refractivity contribution is 5.86. The monoisotopic (exact) mass is 299 g/mol. The van der Waals surface area contributed by atoms with Crippen molar-refractivity contribution in [1.29, 1.82) is 0 Å². The van der Waals surface area contributed by atoms with Crippen LogP contribution >= 0.6 is 0 Å². The van der Waals surface area contributed by atoms with E-state index in [2.05, 4.69) is 15.8 Å². The fraction of sp³-hybridized carbons (Fsp3) is 0.125. The first-order valence-corrected chi connectivity index (χ1v) is 6.67. The first-order chi connectivity index (χ1) is 10.7. The second kappa shape index (κ2) is 7.68. The van der Waals surface area contributed by atoms with Crippen LogP contribution in [0.15, 0.2) is 53.6 Å². The van der Waals surface area contributed by atoms with E-state index in [4.69, 9.17) is 4.74 Å². The number of hydrogen-bond donors (Lipinski definition) is 3. The van der Waals surface area contributed by atoms with Crippen molar-refractivity contribution in [3.8, 4) is 11.5 Å². The zero-order chi connectivity index (χ0) is 15.8. The second-order valence-corrected chi connectivity index (χ2v) is 4.44. The van der Waals surface area contributed by atoms with Crippen molar-refractivity contribution in [3.05, 3.63) is 54.1 Å². The largest absolute Gasteiger partial charge is 0.507 e. The minimum absolute atomic E-state index is 0.0747. The molecule has 0 aliphatic rings. The summed E-state index contributed by atoms with van der Waals surface area (Å²) >= 11 is 0. The SMILES string of the molecule is COc1cccc(NCC(=O)N/N=C/c2ccccc2O)c1. The maximum atomic E-state index is 11.7. The van der Waals surface area contributed by atoms with E-state index in [9.17, 15) is 9.90 Å². The topological polar surface area (TPSA) is 83.0 Å². The summed E-state index contributed by atoms with van der Waals surface area (Å²) in [5.41, 5.74) is 3.69. The van der Waals surface area contributed by atoms with Crippen LogP contribution in [0.25, 0.3) is 0 Å². The lowest BCUT2D eigenvalue weighted by molar-refractivity contribution is -0.119. The molecule has 0 spiro atoms. The molecule has 0 aromatic heterocycles. The third-order valence-corrected chi connectivity index (χ3v) is 2.85. The van der Waals surface area contributed by atoms with Crippen LogP contribution in [0, 0.1) is 0 Å². The van der Waals surface area contributed by atoms with Gasteiger partial charge in [0.25, 0.3) is 5.91 Å². The third-order valence-electron chi connectivity index (χ3n) is 2.85. The number of phenols is 1. The molecule has 0 aliphatic heterocycles. The summed E-state index contributed by atoms with van der Waals surface area (Å²) in [6, 6.07) is 14.0. The number of aromatic hydroxyl groups is 1. The Balaban J connectivity index is 1.82. The highest BCUT2D eigenvalue weighted by Gasteiger charge is 2.01. The number of amides is 1. The molecule has 0 aliphatic carbocycles. The Hall–Kier alpha value is -3.02. The number of carbonyl (C=O) groups is 1. The number of nitrogens with zero attached hydrogens (tertiary/aromatic N) is 1. The van der Waals surface area contributed by atoms with Gasteiger partial charge < -0.3 is 15.2 Å². The number of hydrazone groups is 1. The number of ether oxygens (including phenoxy) is 1. The molecular formula is C16H17N3O3. The summed E-state index contributed by atoms with van der Waals surface area (Å²) < 4.78 is 5.10. The summed E-state index contributed by atoms with van der Waals surface area (Å²) in [5, 5.41) is 16.3. The first-order valence-electron chi connectivity index (χ1n) is 6.67. The van der Waals surface area contributed by atoms with Gasteiger partial charge in [-0.2, -0.15) is 5.10 Å². The van der Waals surface area contributed by atoms with E-state index < -0.39 is 0 Å². The maximum absolute atomic E-state index is 11.7. The highest BCUT2D eigenvalue weighted by atomic mass is 16.5. The Morgan fingerprint density at radius 3 is 2.86 bits per heavy atom. The Labute approximate surface area is 128 Å². The lowest BCUT2D eigenvalue weighted by Crippen LogP contribution is -2.25. The molecule has 0 bridgehead atoms. The molecule has 0 heterocycles. The molecule has 0 fully saturated rings. The lowest BCUT2D eigenvalue weighted by Gasteiger charge is -2.07. The van der Waals surface area contributed by atoms with Gasteiger partial charge in [0.1, 0.15) is 11.5 Å². The molecule has 0 saturated heterocycles. The van der Waals surface area contributed by atoms with Gasteiger partial charge >= 0.3 is 0 Å². The molecule has 1 amide bonds. The molecule has 0 unspecified atom stereocenters. The molecule has 6 nitrogen and oxygen atoms in total. The predicted molar refractivity (Wildman–Crippen MR) is 85.3 cm³/mol. The highest BCUT2D eigenvalue weighted by Crippen LogP contribution is 2.16. The Bertz CT molecular complexity index is 671. The van der Waals surface area contributed by atoms with Crippen molar-refractivity contribution < 1.29 is 14.6 Å². The van der Waals surface area contributed by atoms with Gasteiger partial charge in [0.05, 0.1) is 19.9 Å². The Kier molecular flexibility index (Phi) is 5.37. The number of phenolic OH excluding ortho intramolecular Hbond substituents is 1. The van der Waals surface area contributed by atoms with Gasteiger partial charge in [-0.05, 0) is 24.3 Å². The van der Waals surface area contributed by atoms with Gasteiger partial charge in [0.15, 0.2) is 0 Å². The van der Waals surface area contributed by atoms with E-state index in [-0.39, 0.29) is 18.2 Å². The molecule has 0 atom stereocenters. The third kappa shape index (κ3) is 4.52. The summed E-state index contributed by atoms with van der Waals surface area (Å²) in [7, 11) is 1.58. The van der Waals surface area contributed by atoms with E-state index in [1.165, 1.54) is 6.21 Å². The molecule has 3 N–H and O–H groups in total. The first kappa shape index (κ1) is 15.4.